The van der Waals surface area contributed by atoms with Gasteiger partial charge in [0.25, 0.3) is 10.0 Å². The number of anilines is 2. The van der Waals surface area contributed by atoms with Crippen molar-refractivity contribution in [3.63, 3.8) is 0 Å². The van der Waals surface area contributed by atoms with Crippen molar-refractivity contribution in [1.29, 1.82) is 5.41 Å². The van der Waals surface area contributed by atoms with Gasteiger partial charge in [-0.2, -0.15) is 14.2 Å². The lowest BCUT2D eigenvalue weighted by molar-refractivity contribution is 0.0357. The van der Waals surface area contributed by atoms with Crippen molar-refractivity contribution in [1.82, 2.24) is 24.2 Å². The van der Waals surface area contributed by atoms with Gasteiger partial charge >= 0.3 is 0 Å². The summed E-state index contributed by atoms with van der Waals surface area (Å²) in [5, 5.41) is 19.3. The van der Waals surface area contributed by atoms with Crippen LogP contribution in [0.15, 0.2) is 47.6 Å². The van der Waals surface area contributed by atoms with Crippen molar-refractivity contribution >= 4 is 27.6 Å². The molecule has 3 heterocycles. The van der Waals surface area contributed by atoms with Crippen LogP contribution in [0.2, 0.25) is 0 Å². The van der Waals surface area contributed by atoms with Gasteiger partial charge in [-0.05, 0) is 67.3 Å². The summed E-state index contributed by atoms with van der Waals surface area (Å²) < 4.78 is 47.6. The van der Waals surface area contributed by atoms with E-state index in [1.165, 1.54) is 33.6 Å². The van der Waals surface area contributed by atoms with Crippen LogP contribution < -0.4 is 5.32 Å². The van der Waals surface area contributed by atoms with Crippen LogP contribution in [0.5, 0.6) is 0 Å². The molecule has 2 aromatic carbocycles. The number of aromatic nitrogens is 3. The molecule has 0 amide bonds. The van der Waals surface area contributed by atoms with Gasteiger partial charge in [0, 0.05) is 69.0 Å². The normalized spacial score (nSPS) is 21.0. The molecule has 2 aliphatic rings. The zero-order chi connectivity index (χ0) is 26.9. The summed E-state index contributed by atoms with van der Waals surface area (Å²) in [5.41, 5.74) is 3.99. The van der Waals surface area contributed by atoms with Crippen LogP contribution >= 0.6 is 0 Å². The Labute approximate surface area is 222 Å². The van der Waals surface area contributed by atoms with Gasteiger partial charge in [-0.25, -0.2) is 12.8 Å². The first-order chi connectivity index (χ1) is 18.2. The van der Waals surface area contributed by atoms with Gasteiger partial charge in [-0.15, -0.1) is 5.10 Å². The summed E-state index contributed by atoms with van der Waals surface area (Å²) in [4.78, 5) is 3.53. The molecule has 2 atom stereocenters. The summed E-state index contributed by atoms with van der Waals surface area (Å²) in [7, 11) is -2.23. The Morgan fingerprint density at radius 1 is 1.24 bits per heavy atom. The van der Waals surface area contributed by atoms with E-state index in [1.807, 2.05) is 19.1 Å². The highest BCUT2D eigenvalue weighted by atomic mass is 32.2. The Kier molecular flexibility index (Phi) is 7.57. The fraction of sp³-hybridized carbons (Fsp3) is 0.423. The molecule has 0 aliphatic carbocycles. The number of sulfonamides is 1. The van der Waals surface area contributed by atoms with Crippen LogP contribution in [0.4, 0.5) is 15.8 Å². The van der Waals surface area contributed by atoms with Crippen LogP contribution in [-0.2, 0) is 21.8 Å². The van der Waals surface area contributed by atoms with E-state index in [0.29, 0.717) is 30.9 Å². The highest BCUT2D eigenvalue weighted by Crippen LogP contribution is 2.34. The second-order valence-electron chi connectivity index (χ2n) is 9.75. The molecule has 0 bridgehead atoms. The van der Waals surface area contributed by atoms with Gasteiger partial charge in [0.05, 0.1) is 12.3 Å². The molecular weight excluding hydrogens is 509 g/mol. The number of benzene rings is 2. The largest absolute Gasteiger partial charge is 0.377 e. The molecule has 0 radical (unpaired) electrons. The van der Waals surface area contributed by atoms with Crippen molar-refractivity contribution in [2.45, 2.75) is 36.9 Å². The third kappa shape index (κ3) is 5.48. The molecule has 202 valence electrons. The smallest absolute Gasteiger partial charge is 0.264 e. The molecule has 5 rings (SSSR count). The quantitative estimate of drug-likeness (QED) is 0.421. The van der Waals surface area contributed by atoms with Crippen molar-refractivity contribution in [3.05, 3.63) is 65.1 Å². The SMILES string of the molecule is Cc1cc(Nc2ccc(F)cc2)c(C=N)cc1[C@@H]1CN(S(=O)(=O)c2cnn(C)n2)CCN1CC1CCCO1. The molecule has 0 saturated carbocycles. The minimum atomic E-state index is -3.82. The number of nitrogens with zero attached hydrogens (tertiary/aromatic N) is 5. The molecule has 1 unspecified atom stereocenters. The Hall–Kier alpha value is -3.19. The van der Waals surface area contributed by atoms with E-state index in [0.717, 1.165) is 36.3 Å². The first kappa shape index (κ1) is 26.4. The molecule has 12 heteroatoms. The van der Waals surface area contributed by atoms with Gasteiger partial charge in [0.1, 0.15) is 5.82 Å². The average Bonchev–Trinajstić information content (AvgIpc) is 3.58. The summed E-state index contributed by atoms with van der Waals surface area (Å²) >= 11 is 0. The number of hydrogen-bond donors (Lipinski definition) is 2. The number of nitrogens with one attached hydrogen (secondary N) is 2. The molecule has 2 N–H and O–H groups in total. The van der Waals surface area contributed by atoms with Crippen molar-refractivity contribution in [2.75, 3.05) is 38.1 Å². The second kappa shape index (κ2) is 10.9. The van der Waals surface area contributed by atoms with Crippen LogP contribution in [0.25, 0.3) is 0 Å². The third-order valence-electron chi connectivity index (χ3n) is 7.17. The molecular formula is C26H32FN7O3S. The van der Waals surface area contributed by atoms with E-state index in [9.17, 15) is 12.8 Å². The number of ether oxygens (including phenoxy) is 1. The minimum absolute atomic E-state index is 0.0675. The van der Waals surface area contributed by atoms with Gasteiger partial charge in [0.15, 0.2) is 0 Å². The van der Waals surface area contributed by atoms with Gasteiger partial charge in [-0.1, -0.05) is 0 Å². The number of rotatable bonds is 8. The van der Waals surface area contributed by atoms with Crippen molar-refractivity contribution < 1.29 is 17.5 Å². The van der Waals surface area contributed by atoms with Crippen molar-refractivity contribution in [3.8, 4) is 0 Å². The number of halogens is 1. The summed E-state index contributed by atoms with van der Waals surface area (Å²) in [6, 6.07) is 9.71. The maximum absolute atomic E-state index is 13.4. The standard InChI is InChI=1S/C26H32FN7O3S/c1-18-12-24(30-21-7-5-20(27)6-8-21)19(14-28)13-23(18)25-17-34(38(35,36)26-15-29-32(2)31-26)10-9-33(25)16-22-4-3-11-37-22/h5-8,12-15,22,25,28,30H,3-4,9-11,16-17H2,1-2H3/t22?,25-/m0/s1. The molecule has 38 heavy (non-hydrogen) atoms. The maximum atomic E-state index is 13.4. The Morgan fingerprint density at radius 2 is 2.03 bits per heavy atom. The van der Waals surface area contributed by atoms with Crippen LogP contribution in [0, 0.1) is 18.2 Å². The predicted octanol–water partition coefficient (Wildman–Crippen LogP) is 3.23. The van der Waals surface area contributed by atoms with Crippen LogP contribution in [0.3, 0.4) is 0 Å². The lowest BCUT2D eigenvalue weighted by Gasteiger charge is -2.42. The van der Waals surface area contributed by atoms with E-state index < -0.39 is 10.0 Å². The lowest BCUT2D eigenvalue weighted by Crippen LogP contribution is -2.52. The second-order valence-corrected chi connectivity index (χ2v) is 11.6. The highest BCUT2D eigenvalue weighted by molar-refractivity contribution is 7.89. The van der Waals surface area contributed by atoms with Gasteiger partial charge in [-0.3, -0.25) is 4.90 Å². The van der Waals surface area contributed by atoms with E-state index in [4.69, 9.17) is 10.1 Å². The fourth-order valence-corrected chi connectivity index (χ4v) is 6.50. The lowest BCUT2D eigenvalue weighted by atomic mass is 9.94. The number of hydrogen-bond acceptors (Lipinski definition) is 8. The Morgan fingerprint density at radius 3 is 2.68 bits per heavy atom. The fourth-order valence-electron chi connectivity index (χ4n) is 5.17. The summed E-state index contributed by atoms with van der Waals surface area (Å²) in [6.45, 7) is 4.56. The highest BCUT2D eigenvalue weighted by Gasteiger charge is 2.38. The maximum Gasteiger partial charge on any atom is 0.264 e. The predicted molar refractivity (Wildman–Crippen MR) is 142 cm³/mol. The molecule has 2 saturated heterocycles. The zero-order valence-corrected chi connectivity index (χ0v) is 22.3. The molecule has 1 aromatic heterocycles. The minimum Gasteiger partial charge on any atom is -0.377 e. The Balaban J connectivity index is 1.48. The molecule has 0 spiro atoms. The van der Waals surface area contributed by atoms with Gasteiger partial charge in [0.2, 0.25) is 5.03 Å². The third-order valence-corrected chi connectivity index (χ3v) is 8.90. The summed E-state index contributed by atoms with van der Waals surface area (Å²) in [6.07, 6.45) is 4.67. The number of aryl methyl sites for hydroxylation is 2. The number of piperazine rings is 1. The monoisotopic (exact) mass is 541 g/mol. The van der Waals surface area contributed by atoms with E-state index >= 15 is 0 Å². The Bertz CT molecular complexity index is 1400. The summed E-state index contributed by atoms with van der Waals surface area (Å²) in [5.74, 6) is -0.320. The van der Waals surface area contributed by atoms with Crippen LogP contribution in [-0.4, -0.2) is 77.7 Å². The molecule has 10 nitrogen and oxygen atoms in total. The first-order valence-electron chi connectivity index (χ1n) is 12.6. The van der Waals surface area contributed by atoms with Crippen LogP contribution in [0.1, 0.15) is 35.6 Å². The van der Waals surface area contributed by atoms with Crippen molar-refractivity contribution in [2.24, 2.45) is 7.05 Å². The topological polar surface area (TPSA) is 116 Å². The van der Waals surface area contributed by atoms with E-state index in [1.54, 1.807) is 19.2 Å². The first-order valence-corrected chi connectivity index (χ1v) is 14.1. The van der Waals surface area contributed by atoms with E-state index in [-0.39, 0.29) is 29.5 Å². The molecule has 2 aliphatic heterocycles. The van der Waals surface area contributed by atoms with Gasteiger partial charge < -0.3 is 15.5 Å². The van der Waals surface area contributed by atoms with E-state index in [2.05, 4.69) is 20.4 Å². The zero-order valence-electron chi connectivity index (χ0n) is 21.5. The molecule has 2 fully saturated rings. The average molecular weight is 542 g/mol. The molecule has 3 aromatic rings.